The lowest BCUT2D eigenvalue weighted by Crippen LogP contribution is -2.37. The fourth-order valence-electron chi connectivity index (χ4n) is 6.04. The van der Waals surface area contributed by atoms with E-state index in [1.54, 1.807) is 27.4 Å². The summed E-state index contributed by atoms with van der Waals surface area (Å²) in [5, 5.41) is 8.10. The molecule has 314 valence electrons. The van der Waals surface area contributed by atoms with Crippen LogP contribution in [0, 0.1) is 18.2 Å². The molecule has 1 aliphatic rings. The number of nitrogens with zero attached hydrogens (tertiary/aromatic N) is 5. The third-order valence-electron chi connectivity index (χ3n) is 9.10. The third kappa shape index (κ3) is 12.3. The number of anilines is 4. The van der Waals surface area contributed by atoms with Crippen LogP contribution >= 0.6 is 11.6 Å². The maximum absolute atomic E-state index is 13.5. The second kappa shape index (κ2) is 22.4. The molecule has 4 aromatic carbocycles. The molecule has 0 aliphatic carbocycles. The summed E-state index contributed by atoms with van der Waals surface area (Å²) < 4.78 is 51.9. The Balaban J connectivity index is 0.000000202. The minimum atomic E-state index is -0.478. The highest BCUT2D eigenvalue weighted by atomic mass is 35.5. The molecule has 0 atom stereocenters. The van der Waals surface area contributed by atoms with Gasteiger partial charge in [0.05, 0.1) is 56.2 Å². The molecule has 0 amide bonds. The summed E-state index contributed by atoms with van der Waals surface area (Å²) in [6.07, 6.45) is 7.85. The predicted molar refractivity (Wildman–Crippen MR) is 230 cm³/mol. The van der Waals surface area contributed by atoms with Crippen LogP contribution in [0.15, 0.2) is 79.1 Å². The summed E-state index contributed by atoms with van der Waals surface area (Å²) in [5.74, 6) is 5.19. The molecular weight excluding hydrogens is 793 g/mol. The minimum Gasteiger partial charge on any atom is -0.497 e. The quantitative estimate of drug-likeness (QED) is 0.0645. The normalized spacial score (nSPS) is 12.6. The zero-order valence-electron chi connectivity index (χ0n) is 33.7. The molecule has 6 aromatic rings. The van der Waals surface area contributed by atoms with E-state index in [-0.39, 0.29) is 11.0 Å². The van der Waals surface area contributed by atoms with Gasteiger partial charge in [-0.25, -0.2) is 14.4 Å². The molecule has 14 nitrogen and oxygen atoms in total. The summed E-state index contributed by atoms with van der Waals surface area (Å²) in [7, 11) is 4.85. The number of terminal acetylenes is 1. The topological polar surface area (TPSA) is 143 Å². The molecule has 0 saturated carbocycles. The predicted octanol–water partition coefficient (Wildman–Crippen LogP) is 7.68. The van der Waals surface area contributed by atoms with Gasteiger partial charge in [-0.3, -0.25) is 4.90 Å². The monoisotopic (exact) mass is 839 g/mol. The number of methoxy groups -OCH3 is 3. The molecule has 2 N–H and O–H groups in total. The molecule has 16 heteroatoms. The van der Waals surface area contributed by atoms with E-state index in [9.17, 15) is 4.39 Å². The van der Waals surface area contributed by atoms with E-state index in [1.807, 2.05) is 54.6 Å². The van der Waals surface area contributed by atoms with Crippen molar-refractivity contribution in [1.29, 1.82) is 0 Å². The highest BCUT2D eigenvalue weighted by Crippen LogP contribution is 2.35. The molecule has 7 rings (SSSR count). The lowest BCUT2D eigenvalue weighted by molar-refractivity contribution is 0.0356. The molecular formula is C44H47ClFN7O7. The Kier molecular flexibility index (Phi) is 16.2. The number of ether oxygens (including phenoxy) is 7. The highest BCUT2D eigenvalue weighted by molar-refractivity contribution is 6.31. The van der Waals surface area contributed by atoms with Crippen molar-refractivity contribution < 1.29 is 37.5 Å². The third-order valence-corrected chi connectivity index (χ3v) is 9.39. The Morgan fingerprint density at radius 2 is 1.52 bits per heavy atom. The van der Waals surface area contributed by atoms with Gasteiger partial charge in [-0.1, -0.05) is 23.6 Å². The van der Waals surface area contributed by atoms with Gasteiger partial charge in [-0.15, -0.1) is 6.42 Å². The van der Waals surface area contributed by atoms with Gasteiger partial charge in [-0.2, -0.15) is 9.97 Å². The maximum Gasteiger partial charge on any atom is 0.318 e. The summed E-state index contributed by atoms with van der Waals surface area (Å²) in [6, 6.07) is 21.5. The van der Waals surface area contributed by atoms with Crippen LogP contribution in [0.4, 0.5) is 27.4 Å². The molecule has 1 fully saturated rings. The molecule has 3 heterocycles. The van der Waals surface area contributed by atoms with Crippen molar-refractivity contribution in [3.63, 3.8) is 0 Å². The fourth-order valence-corrected chi connectivity index (χ4v) is 6.23. The fraction of sp³-hybridized carbons (Fsp3) is 0.318. The van der Waals surface area contributed by atoms with Crippen LogP contribution in [-0.4, -0.2) is 112 Å². The van der Waals surface area contributed by atoms with Gasteiger partial charge in [0.1, 0.15) is 42.7 Å². The van der Waals surface area contributed by atoms with Crippen molar-refractivity contribution in [3.05, 3.63) is 95.5 Å². The SMILES string of the molecule is C#Cc1cccc(Nc2ncnc3cc(OCCOC)c(OCCOC)cc23)c1.COc1ccc2c(Nc3ccc(F)c(Cl)c3)nc(OCCCN3CCOCC3)nc2c1. The largest absolute Gasteiger partial charge is 0.497 e. The standard InChI is InChI=1S/C22H24ClFN4O3.C22H23N3O4/c1-29-16-4-5-17-20(14-16)26-22(31-10-2-7-28-8-11-30-12-9-28)27-21(17)25-15-3-6-19(24)18(23)13-15;1-4-16-6-5-7-17(12-16)25-22-18-13-20(28-10-8-26-2)21(29-11-9-27-3)14-19(18)23-15-24-22/h3-6,13-14H,2,7-12H2,1H3,(H,25,26,27);1,5-7,12-15H,8-11H2,2-3H3,(H,23,24,25). The van der Waals surface area contributed by atoms with Crippen molar-refractivity contribution in [2.45, 2.75) is 6.42 Å². The van der Waals surface area contributed by atoms with Gasteiger partial charge in [0, 0.05) is 73.7 Å². The number of rotatable bonds is 18. The van der Waals surface area contributed by atoms with Crippen molar-refractivity contribution in [2.24, 2.45) is 0 Å². The molecule has 0 radical (unpaired) electrons. The van der Waals surface area contributed by atoms with Crippen molar-refractivity contribution in [3.8, 4) is 35.6 Å². The number of halogens is 2. The average molecular weight is 840 g/mol. The second-order valence-corrected chi connectivity index (χ2v) is 13.6. The molecule has 0 spiro atoms. The first-order chi connectivity index (χ1) is 29.4. The maximum atomic E-state index is 13.5. The number of benzene rings is 4. The van der Waals surface area contributed by atoms with E-state index < -0.39 is 5.82 Å². The first kappa shape index (κ1) is 43.6. The average Bonchev–Trinajstić information content (AvgIpc) is 3.27. The Bertz CT molecular complexity index is 2380. The molecule has 0 bridgehead atoms. The van der Waals surface area contributed by atoms with Crippen LogP contribution in [-0.2, 0) is 14.2 Å². The van der Waals surface area contributed by atoms with Gasteiger partial charge in [-0.05, 0) is 61.0 Å². The van der Waals surface area contributed by atoms with Crippen LogP contribution in [0.25, 0.3) is 21.8 Å². The van der Waals surface area contributed by atoms with E-state index in [1.165, 1.54) is 18.5 Å². The van der Waals surface area contributed by atoms with Crippen LogP contribution in [0.5, 0.6) is 23.3 Å². The molecule has 60 heavy (non-hydrogen) atoms. The smallest absolute Gasteiger partial charge is 0.318 e. The molecule has 1 saturated heterocycles. The Labute approximate surface area is 353 Å². The number of hydrogen-bond donors (Lipinski definition) is 2. The minimum absolute atomic E-state index is 0.0321. The van der Waals surface area contributed by atoms with Crippen molar-refractivity contribution in [2.75, 3.05) is 97.8 Å². The van der Waals surface area contributed by atoms with Gasteiger partial charge in [0.2, 0.25) is 0 Å². The number of fused-ring (bicyclic) bond motifs is 2. The van der Waals surface area contributed by atoms with Crippen molar-refractivity contribution in [1.82, 2.24) is 24.8 Å². The molecule has 2 aromatic heterocycles. The lowest BCUT2D eigenvalue weighted by atomic mass is 10.2. The van der Waals surface area contributed by atoms with E-state index in [2.05, 4.69) is 41.4 Å². The van der Waals surface area contributed by atoms with E-state index in [0.717, 1.165) is 66.8 Å². The zero-order valence-corrected chi connectivity index (χ0v) is 34.5. The molecule has 0 unspecified atom stereocenters. The summed E-state index contributed by atoms with van der Waals surface area (Å²) in [6.45, 7) is 6.60. The lowest BCUT2D eigenvalue weighted by Gasteiger charge is -2.26. The van der Waals surface area contributed by atoms with Crippen LogP contribution in [0.3, 0.4) is 0 Å². The van der Waals surface area contributed by atoms with Crippen LogP contribution < -0.4 is 29.6 Å². The zero-order chi connectivity index (χ0) is 42.1. The first-order valence-corrected chi connectivity index (χ1v) is 19.6. The second-order valence-electron chi connectivity index (χ2n) is 13.2. The number of nitrogens with one attached hydrogen (secondary N) is 2. The summed E-state index contributed by atoms with van der Waals surface area (Å²) in [5.41, 5.74) is 3.63. The highest BCUT2D eigenvalue weighted by Gasteiger charge is 2.15. The van der Waals surface area contributed by atoms with Crippen molar-refractivity contribution >= 4 is 56.4 Å². The Morgan fingerprint density at radius 3 is 2.25 bits per heavy atom. The van der Waals surface area contributed by atoms with Crippen LogP contribution in [0.2, 0.25) is 5.02 Å². The van der Waals surface area contributed by atoms with E-state index >= 15 is 0 Å². The van der Waals surface area contributed by atoms with Gasteiger partial charge >= 0.3 is 6.01 Å². The Hall–Kier alpha value is -6.02. The number of morpholine rings is 1. The Morgan fingerprint density at radius 1 is 0.767 bits per heavy atom. The first-order valence-electron chi connectivity index (χ1n) is 19.2. The van der Waals surface area contributed by atoms with Crippen LogP contribution in [0.1, 0.15) is 12.0 Å². The summed E-state index contributed by atoms with van der Waals surface area (Å²) in [4.78, 5) is 20.2. The summed E-state index contributed by atoms with van der Waals surface area (Å²) >= 11 is 5.92. The van der Waals surface area contributed by atoms with E-state index in [4.69, 9.17) is 51.2 Å². The van der Waals surface area contributed by atoms with Gasteiger partial charge in [0.15, 0.2) is 11.5 Å². The van der Waals surface area contributed by atoms with E-state index in [0.29, 0.717) is 73.1 Å². The van der Waals surface area contributed by atoms with Gasteiger partial charge < -0.3 is 43.8 Å². The number of aromatic nitrogens is 4. The molecule has 1 aliphatic heterocycles. The number of hydrogen-bond acceptors (Lipinski definition) is 14. The van der Waals surface area contributed by atoms with Gasteiger partial charge in [0.25, 0.3) is 0 Å².